The van der Waals surface area contributed by atoms with Gasteiger partial charge in [0.25, 0.3) is 15.2 Å². The molecular formula is C6H12N4O3S. The van der Waals surface area contributed by atoms with Crippen molar-refractivity contribution < 1.29 is 13.2 Å². The van der Waals surface area contributed by atoms with Gasteiger partial charge < -0.3 is 9.30 Å². The number of primary sulfonamides is 1. The minimum Gasteiger partial charge on any atom is -0.374 e. The molecule has 0 saturated heterocycles. The first kappa shape index (κ1) is 11.1. The fraction of sp³-hybridized carbons (Fsp3) is 0.667. The van der Waals surface area contributed by atoms with E-state index in [9.17, 15) is 8.42 Å². The first-order valence-corrected chi connectivity index (χ1v) is 5.37. The summed E-state index contributed by atoms with van der Waals surface area (Å²) in [5, 5.41) is 11.8. The van der Waals surface area contributed by atoms with Crippen molar-refractivity contribution in [3.05, 3.63) is 5.82 Å². The summed E-state index contributed by atoms with van der Waals surface area (Å²) in [6.07, 6.45) is -0.331. The minimum atomic E-state index is -3.82. The molecule has 14 heavy (non-hydrogen) atoms. The second kappa shape index (κ2) is 3.64. The molecule has 1 unspecified atom stereocenters. The molecular weight excluding hydrogens is 208 g/mol. The predicted molar refractivity (Wildman–Crippen MR) is 47.8 cm³/mol. The van der Waals surface area contributed by atoms with Gasteiger partial charge in [0.05, 0.1) is 0 Å². The number of hydrogen-bond acceptors (Lipinski definition) is 5. The maximum absolute atomic E-state index is 11.0. The van der Waals surface area contributed by atoms with Crippen molar-refractivity contribution in [2.24, 2.45) is 12.2 Å². The standard InChI is InChI=1S/C6H12N4O3S/c1-4(13-3)5-8-9-6(10(5)2)14(7,11)12/h4H,1-3H3,(H2,7,11,12). The zero-order valence-corrected chi connectivity index (χ0v) is 8.95. The molecule has 0 spiro atoms. The third kappa shape index (κ3) is 1.91. The van der Waals surface area contributed by atoms with E-state index in [2.05, 4.69) is 10.2 Å². The van der Waals surface area contributed by atoms with Crippen LogP contribution in [0.2, 0.25) is 0 Å². The van der Waals surface area contributed by atoms with Crippen LogP contribution < -0.4 is 5.14 Å². The Morgan fingerprint density at radius 2 is 2.07 bits per heavy atom. The predicted octanol–water partition coefficient (Wildman–Crippen LogP) is -0.830. The van der Waals surface area contributed by atoms with Crippen LogP contribution in [0.3, 0.4) is 0 Å². The number of aromatic nitrogens is 3. The zero-order chi connectivity index (χ0) is 10.9. The molecule has 1 rings (SSSR count). The van der Waals surface area contributed by atoms with E-state index in [1.807, 2.05) is 0 Å². The summed E-state index contributed by atoms with van der Waals surface area (Å²) in [5.41, 5.74) is 0. The molecule has 7 nitrogen and oxygen atoms in total. The average molecular weight is 220 g/mol. The molecule has 0 aliphatic heterocycles. The smallest absolute Gasteiger partial charge is 0.273 e. The summed E-state index contributed by atoms with van der Waals surface area (Å²) < 4.78 is 28.3. The van der Waals surface area contributed by atoms with E-state index in [0.29, 0.717) is 5.82 Å². The van der Waals surface area contributed by atoms with Gasteiger partial charge in [0.15, 0.2) is 5.82 Å². The number of hydrogen-bond donors (Lipinski definition) is 1. The van der Waals surface area contributed by atoms with E-state index < -0.39 is 10.0 Å². The lowest BCUT2D eigenvalue weighted by molar-refractivity contribution is 0.109. The highest BCUT2D eigenvalue weighted by Crippen LogP contribution is 2.14. The van der Waals surface area contributed by atoms with Crippen molar-refractivity contribution in [3.63, 3.8) is 0 Å². The zero-order valence-electron chi connectivity index (χ0n) is 8.13. The molecule has 0 aliphatic rings. The second-order valence-electron chi connectivity index (χ2n) is 2.82. The number of rotatable bonds is 3. The first-order valence-electron chi connectivity index (χ1n) is 3.82. The van der Waals surface area contributed by atoms with Crippen LogP contribution in [0.15, 0.2) is 5.16 Å². The van der Waals surface area contributed by atoms with E-state index >= 15 is 0 Å². The molecule has 0 bridgehead atoms. The maximum atomic E-state index is 11.0. The molecule has 0 aliphatic carbocycles. The summed E-state index contributed by atoms with van der Waals surface area (Å²) in [5.74, 6) is 0.413. The summed E-state index contributed by atoms with van der Waals surface area (Å²) in [4.78, 5) is 0. The van der Waals surface area contributed by atoms with Crippen molar-refractivity contribution in [2.75, 3.05) is 7.11 Å². The topological polar surface area (TPSA) is 100 Å². The monoisotopic (exact) mass is 220 g/mol. The van der Waals surface area contributed by atoms with Gasteiger partial charge in [-0.2, -0.15) is 0 Å². The van der Waals surface area contributed by atoms with Gasteiger partial charge in [0.1, 0.15) is 6.10 Å². The molecule has 8 heteroatoms. The fourth-order valence-electron chi connectivity index (χ4n) is 1.03. The van der Waals surface area contributed by atoms with Crippen LogP contribution in [-0.4, -0.2) is 30.3 Å². The lowest BCUT2D eigenvalue weighted by Gasteiger charge is -2.08. The maximum Gasteiger partial charge on any atom is 0.273 e. The summed E-state index contributed by atoms with van der Waals surface area (Å²) >= 11 is 0. The largest absolute Gasteiger partial charge is 0.374 e. The molecule has 0 aromatic carbocycles. The van der Waals surface area contributed by atoms with Crippen molar-refractivity contribution in [1.29, 1.82) is 0 Å². The molecule has 1 aromatic heterocycles. The van der Waals surface area contributed by atoms with Crippen LogP contribution in [0.25, 0.3) is 0 Å². The quantitative estimate of drug-likeness (QED) is 0.716. The molecule has 2 N–H and O–H groups in total. The van der Waals surface area contributed by atoms with Crippen molar-refractivity contribution in [2.45, 2.75) is 18.2 Å². The highest BCUT2D eigenvalue weighted by atomic mass is 32.2. The van der Waals surface area contributed by atoms with Gasteiger partial charge in [-0.05, 0) is 6.92 Å². The van der Waals surface area contributed by atoms with Gasteiger partial charge in [-0.25, -0.2) is 13.6 Å². The molecule has 0 fully saturated rings. The van der Waals surface area contributed by atoms with Crippen molar-refractivity contribution in [3.8, 4) is 0 Å². The van der Waals surface area contributed by atoms with Gasteiger partial charge in [0, 0.05) is 14.2 Å². The van der Waals surface area contributed by atoms with Crippen LogP contribution in [0.1, 0.15) is 18.9 Å². The van der Waals surface area contributed by atoms with Gasteiger partial charge in [0.2, 0.25) is 0 Å². The van der Waals surface area contributed by atoms with E-state index in [0.717, 1.165) is 0 Å². The average Bonchev–Trinajstić information content (AvgIpc) is 2.45. The minimum absolute atomic E-state index is 0.267. The lowest BCUT2D eigenvalue weighted by Crippen LogP contribution is -2.18. The van der Waals surface area contributed by atoms with E-state index in [4.69, 9.17) is 9.88 Å². The molecule has 0 saturated carbocycles. The Morgan fingerprint density at radius 3 is 2.43 bits per heavy atom. The van der Waals surface area contributed by atoms with Crippen LogP contribution in [0.5, 0.6) is 0 Å². The van der Waals surface area contributed by atoms with Crippen LogP contribution in [-0.2, 0) is 21.8 Å². The second-order valence-corrected chi connectivity index (χ2v) is 4.28. The van der Waals surface area contributed by atoms with Gasteiger partial charge in [-0.1, -0.05) is 0 Å². The van der Waals surface area contributed by atoms with E-state index in [1.54, 1.807) is 6.92 Å². The Bertz CT molecular complexity index is 424. The molecule has 0 radical (unpaired) electrons. The van der Waals surface area contributed by atoms with Crippen LogP contribution in [0, 0.1) is 0 Å². The number of nitrogens with two attached hydrogens (primary N) is 1. The third-order valence-electron chi connectivity index (χ3n) is 1.84. The van der Waals surface area contributed by atoms with Gasteiger partial charge in [-0.3, -0.25) is 0 Å². The van der Waals surface area contributed by atoms with E-state index in [1.165, 1.54) is 18.7 Å². The third-order valence-corrected chi connectivity index (χ3v) is 2.70. The van der Waals surface area contributed by atoms with Gasteiger partial charge >= 0.3 is 0 Å². The van der Waals surface area contributed by atoms with Crippen LogP contribution >= 0.6 is 0 Å². The molecule has 80 valence electrons. The highest BCUT2D eigenvalue weighted by Gasteiger charge is 2.21. The number of methoxy groups -OCH3 is 1. The summed E-state index contributed by atoms with van der Waals surface area (Å²) in [7, 11) is -0.806. The van der Waals surface area contributed by atoms with Crippen molar-refractivity contribution in [1.82, 2.24) is 14.8 Å². The Morgan fingerprint density at radius 1 is 1.50 bits per heavy atom. The first-order chi connectivity index (χ1) is 6.38. The fourth-order valence-corrected chi connectivity index (χ4v) is 1.66. The highest BCUT2D eigenvalue weighted by molar-refractivity contribution is 7.89. The molecule has 1 atom stereocenters. The normalized spacial score (nSPS) is 14.3. The number of nitrogens with zero attached hydrogens (tertiary/aromatic N) is 3. The van der Waals surface area contributed by atoms with Gasteiger partial charge in [-0.15, -0.1) is 10.2 Å². The SMILES string of the molecule is COC(C)c1nnc(S(N)(=O)=O)n1C. The van der Waals surface area contributed by atoms with E-state index in [-0.39, 0.29) is 11.3 Å². The molecule has 1 aromatic rings. The molecule has 0 amide bonds. The van der Waals surface area contributed by atoms with Crippen molar-refractivity contribution >= 4 is 10.0 Å². The summed E-state index contributed by atoms with van der Waals surface area (Å²) in [6.45, 7) is 1.73. The van der Waals surface area contributed by atoms with Crippen LogP contribution in [0.4, 0.5) is 0 Å². The number of ether oxygens (including phenoxy) is 1. The number of sulfonamides is 1. The Hall–Kier alpha value is -0.990. The Labute approximate surface area is 81.9 Å². The Balaban J connectivity index is 3.22. The Kier molecular flexibility index (Phi) is 2.88. The molecule has 1 heterocycles. The summed E-state index contributed by atoms with van der Waals surface area (Å²) in [6, 6.07) is 0. The lowest BCUT2D eigenvalue weighted by atomic mass is 10.4.